The van der Waals surface area contributed by atoms with Gasteiger partial charge < -0.3 is 10.2 Å². The van der Waals surface area contributed by atoms with Gasteiger partial charge in [-0.05, 0) is 0 Å². The molecule has 5 nitrogen and oxygen atoms in total. The summed E-state index contributed by atoms with van der Waals surface area (Å²) in [5, 5.41) is 18.4. The molecule has 10 heavy (non-hydrogen) atoms. The fourth-order valence-electron chi connectivity index (χ4n) is 0.356. The van der Waals surface area contributed by atoms with Crippen LogP contribution in [0, 0.1) is 0 Å². The van der Waals surface area contributed by atoms with Crippen LogP contribution in [-0.4, -0.2) is 47.9 Å². The topological polar surface area (TPSA) is 72.8 Å². The summed E-state index contributed by atoms with van der Waals surface area (Å²) < 4.78 is 0. The van der Waals surface area contributed by atoms with Gasteiger partial charge in [0.05, 0.1) is 0 Å². The lowest BCUT2D eigenvalue weighted by molar-refractivity contribution is -0.146. The fourth-order valence-corrected chi connectivity index (χ4v) is 0.356. The number of carbonyl (C=O) groups is 1. The van der Waals surface area contributed by atoms with Gasteiger partial charge in [0.1, 0.15) is 0 Å². The van der Waals surface area contributed by atoms with Crippen LogP contribution >= 0.6 is 0 Å². The molecule has 0 saturated carbocycles. The molecule has 60 valence electrons. The maximum absolute atomic E-state index is 10.0. The zero-order valence-corrected chi connectivity index (χ0v) is 6.03. The summed E-state index contributed by atoms with van der Waals surface area (Å²) in [5.74, 6) is -1.21. The van der Waals surface area contributed by atoms with Crippen molar-refractivity contribution in [3.05, 3.63) is 0 Å². The molecule has 0 radical (unpaired) electrons. The average Bonchev–Trinajstić information content (AvgIpc) is 1.82. The first kappa shape index (κ1) is 9.35. The number of nitrogens with one attached hydrogen (secondary N) is 1. The van der Waals surface area contributed by atoms with Crippen LogP contribution < -0.4 is 5.43 Å². The molecule has 0 aliphatic rings. The van der Waals surface area contributed by atoms with Gasteiger partial charge >= 0.3 is 5.97 Å². The molecule has 0 aromatic carbocycles. The number of aliphatic hydroxyl groups is 1. The number of nitrogens with zero attached hydrogens (tertiary/aromatic N) is 1. The van der Waals surface area contributed by atoms with E-state index in [0.29, 0.717) is 0 Å². The van der Waals surface area contributed by atoms with Crippen molar-refractivity contribution >= 4 is 5.97 Å². The van der Waals surface area contributed by atoms with Gasteiger partial charge in [-0.2, -0.15) is 0 Å². The number of hydrazine groups is 1. The second-order valence-corrected chi connectivity index (χ2v) is 2.11. The summed E-state index contributed by atoms with van der Waals surface area (Å²) in [6.45, 7) is 0.0301. The summed E-state index contributed by atoms with van der Waals surface area (Å²) >= 11 is 0. The molecule has 0 rings (SSSR count). The molecule has 0 saturated heterocycles. The predicted octanol–water partition coefficient (Wildman–Crippen LogP) is -1.50. The number of carboxylic acid groups (broad SMARTS) is 1. The lowest BCUT2D eigenvalue weighted by Crippen LogP contribution is -2.40. The fraction of sp³-hybridized carbons (Fsp3) is 0.800. The first-order chi connectivity index (χ1) is 4.54. The van der Waals surface area contributed by atoms with Crippen molar-refractivity contribution in [2.75, 3.05) is 20.6 Å². The van der Waals surface area contributed by atoms with Crippen LogP contribution in [-0.2, 0) is 4.79 Å². The molecule has 0 aromatic heterocycles. The third kappa shape index (κ3) is 4.25. The highest BCUT2D eigenvalue weighted by Crippen LogP contribution is 1.78. The molecule has 0 aliphatic carbocycles. The van der Waals surface area contributed by atoms with Gasteiger partial charge in [-0.25, -0.2) is 4.79 Å². The van der Waals surface area contributed by atoms with Crippen molar-refractivity contribution in [3.8, 4) is 0 Å². The lowest BCUT2D eigenvalue weighted by atomic mass is 10.4. The summed E-state index contributed by atoms with van der Waals surface area (Å²) in [6.07, 6.45) is -1.33. The van der Waals surface area contributed by atoms with Crippen molar-refractivity contribution < 1.29 is 15.0 Å². The second-order valence-electron chi connectivity index (χ2n) is 2.11. The van der Waals surface area contributed by atoms with Gasteiger partial charge in [0.2, 0.25) is 0 Å². The molecule has 1 atom stereocenters. The smallest absolute Gasteiger partial charge is 0.333 e. The zero-order chi connectivity index (χ0) is 8.15. The summed E-state index contributed by atoms with van der Waals surface area (Å²) in [6, 6.07) is 0. The van der Waals surface area contributed by atoms with Gasteiger partial charge in [0, 0.05) is 20.6 Å². The summed E-state index contributed by atoms with van der Waals surface area (Å²) in [4.78, 5) is 10.0. The minimum absolute atomic E-state index is 0.0301. The van der Waals surface area contributed by atoms with Crippen molar-refractivity contribution in [1.82, 2.24) is 10.4 Å². The van der Waals surface area contributed by atoms with Crippen molar-refractivity contribution in [3.63, 3.8) is 0 Å². The van der Waals surface area contributed by atoms with Gasteiger partial charge in [0.15, 0.2) is 6.10 Å². The van der Waals surface area contributed by atoms with Crippen LogP contribution in [0.15, 0.2) is 0 Å². The van der Waals surface area contributed by atoms with Gasteiger partial charge in [0.25, 0.3) is 0 Å². The third-order valence-electron chi connectivity index (χ3n) is 0.886. The van der Waals surface area contributed by atoms with Crippen LogP contribution in [0.2, 0.25) is 0 Å². The molecule has 0 aromatic rings. The lowest BCUT2D eigenvalue weighted by Gasteiger charge is -2.12. The van der Waals surface area contributed by atoms with Crippen molar-refractivity contribution in [2.45, 2.75) is 6.10 Å². The molecule has 0 aliphatic heterocycles. The Morgan fingerprint density at radius 2 is 2.20 bits per heavy atom. The Labute approximate surface area is 59.2 Å². The average molecular weight is 148 g/mol. The first-order valence-corrected chi connectivity index (χ1v) is 2.85. The summed E-state index contributed by atoms with van der Waals surface area (Å²) in [7, 11) is 3.43. The molecule has 0 heterocycles. The Kier molecular flexibility index (Phi) is 3.94. The van der Waals surface area contributed by atoms with Crippen LogP contribution in [0.4, 0.5) is 0 Å². The van der Waals surface area contributed by atoms with E-state index in [-0.39, 0.29) is 6.54 Å². The Morgan fingerprint density at radius 3 is 2.50 bits per heavy atom. The Balaban J connectivity index is 3.40. The molecule has 0 fully saturated rings. The highest BCUT2D eigenvalue weighted by atomic mass is 16.4. The van der Waals surface area contributed by atoms with E-state index in [0.717, 1.165) is 0 Å². The first-order valence-electron chi connectivity index (χ1n) is 2.85. The van der Waals surface area contributed by atoms with E-state index in [2.05, 4.69) is 5.43 Å². The minimum Gasteiger partial charge on any atom is -0.479 e. The van der Waals surface area contributed by atoms with E-state index < -0.39 is 12.1 Å². The molecular weight excluding hydrogens is 136 g/mol. The zero-order valence-electron chi connectivity index (χ0n) is 6.03. The SMILES string of the molecule is CN(C)NCC(O)C(=O)O. The van der Waals surface area contributed by atoms with Crippen LogP contribution in [0.1, 0.15) is 0 Å². The largest absolute Gasteiger partial charge is 0.479 e. The Morgan fingerprint density at radius 1 is 1.70 bits per heavy atom. The second kappa shape index (κ2) is 4.21. The highest BCUT2D eigenvalue weighted by Gasteiger charge is 2.11. The van der Waals surface area contributed by atoms with Gasteiger partial charge in [-0.1, -0.05) is 0 Å². The number of aliphatic hydroxyl groups excluding tert-OH is 1. The number of aliphatic carboxylic acids is 1. The Bertz CT molecular complexity index is 115. The minimum atomic E-state index is -1.33. The maximum atomic E-state index is 10.0. The van der Waals surface area contributed by atoms with E-state index in [1.807, 2.05) is 0 Å². The number of carboxylic acids is 1. The maximum Gasteiger partial charge on any atom is 0.333 e. The van der Waals surface area contributed by atoms with Crippen LogP contribution in [0.3, 0.4) is 0 Å². The predicted molar refractivity (Wildman–Crippen MR) is 35.3 cm³/mol. The third-order valence-corrected chi connectivity index (χ3v) is 0.886. The normalized spacial score (nSPS) is 13.6. The number of rotatable bonds is 4. The van der Waals surface area contributed by atoms with E-state index in [1.54, 1.807) is 19.1 Å². The standard InChI is InChI=1S/C5H12N2O3/c1-7(2)6-3-4(8)5(9)10/h4,6,8H,3H2,1-2H3,(H,9,10). The molecular formula is C5H12N2O3. The molecule has 3 N–H and O–H groups in total. The molecule has 0 amide bonds. The number of hydrogen-bond donors (Lipinski definition) is 3. The van der Waals surface area contributed by atoms with Crippen LogP contribution in [0.25, 0.3) is 0 Å². The molecule has 0 spiro atoms. The number of hydrogen-bond acceptors (Lipinski definition) is 4. The van der Waals surface area contributed by atoms with Crippen molar-refractivity contribution in [1.29, 1.82) is 0 Å². The van der Waals surface area contributed by atoms with E-state index in [4.69, 9.17) is 10.2 Å². The quantitative estimate of drug-likeness (QED) is 0.423. The van der Waals surface area contributed by atoms with E-state index in [9.17, 15) is 4.79 Å². The van der Waals surface area contributed by atoms with Gasteiger partial charge in [-0.3, -0.25) is 10.4 Å². The van der Waals surface area contributed by atoms with E-state index >= 15 is 0 Å². The molecule has 5 heteroatoms. The van der Waals surface area contributed by atoms with E-state index in [1.165, 1.54) is 0 Å². The summed E-state index contributed by atoms with van der Waals surface area (Å²) in [5.41, 5.74) is 2.63. The molecule has 1 unspecified atom stereocenters. The molecule has 0 bridgehead atoms. The Hall–Kier alpha value is -0.650. The van der Waals surface area contributed by atoms with Gasteiger partial charge in [-0.15, -0.1) is 0 Å². The van der Waals surface area contributed by atoms with Crippen molar-refractivity contribution in [2.24, 2.45) is 0 Å². The highest BCUT2D eigenvalue weighted by molar-refractivity contribution is 5.72. The monoisotopic (exact) mass is 148 g/mol. The van der Waals surface area contributed by atoms with Crippen LogP contribution in [0.5, 0.6) is 0 Å².